The van der Waals surface area contributed by atoms with Crippen LogP contribution < -0.4 is 19.7 Å². The van der Waals surface area contributed by atoms with Gasteiger partial charge < -0.3 is 19.7 Å². The van der Waals surface area contributed by atoms with Crippen molar-refractivity contribution in [3.8, 4) is 11.5 Å². The minimum Gasteiger partial charge on any atom is -0.493 e. The van der Waals surface area contributed by atoms with Gasteiger partial charge in [-0.25, -0.2) is 9.97 Å². The fourth-order valence-corrected chi connectivity index (χ4v) is 2.81. The molecule has 0 aliphatic heterocycles. The maximum atomic E-state index is 12.7. The highest BCUT2D eigenvalue weighted by Gasteiger charge is 2.14. The Morgan fingerprint density at radius 1 is 1.00 bits per heavy atom. The van der Waals surface area contributed by atoms with Gasteiger partial charge in [-0.1, -0.05) is 18.2 Å². The van der Waals surface area contributed by atoms with Gasteiger partial charge in [-0.15, -0.1) is 0 Å². The number of anilines is 3. The molecule has 1 aromatic heterocycles. The molecule has 0 radical (unpaired) electrons. The van der Waals surface area contributed by atoms with Crippen LogP contribution in [0, 0.1) is 0 Å². The summed E-state index contributed by atoms with van der Waals surface area (Å²) in [6.07, 6.45) is 1.39. The van der Waals surface area contributed by atoms with E-state index in [-0.39, 0.29) is 11.6 Å². The van der Waals surface area contributed by atoms with E-state index in [0.717, 1.165) is 5.69 Å². The van der Waals surface area contributed by atoms with Crippen molar-refractivity contribution in [3.63, 3.8) is 0 Å². The summed E-state index contributed by atoms with van der Waals surface area (Å²) >= 11 is 0. The van der Waals surface area contributed by atoms with E-state index in [0.29, 0.717) is 29.5 Å². The van der Waals surface area contributed by atoms with E-state index < -0.39 is 0 Å². The summed E-state index contributed by atoms with van der Waals surface area (Å²) in [5.74, 6) is 1.44. The summed E-state index contributed by atoms with van der Waals surface area (Å²) in [5.41, 5.74) is 1.85. The van der Waals surface area contributed by atoms with Crippen molar-refractivity contribution in [1.82, 2.24) is 9.97 Å². The van der Waals surface area contributed by atoms with Gasteiger partial charge in [0.1, 0.15) is 17.8 Å². The fourth-order valence-electron chi connectivity index (χ4n) is 2.81. The van der Waals surface area contributed by atoms with Crippen LogP contribution in [-0.2, 0) is 0 Å². The van der Waals surface area contributed by atoms with Crippen molar-refractivity contribution >= 4 is 23.1 Å². The number of para-hydroxylation sites is 1. The van der Waals surface area contributed by atoms with Crippen molar-refractivity contribution < 1.29 is 14.3 Å². The van der Waals surface area contributed by atoms with E-state index >= 15 is 0 Å². The lowest BCUT2D eigenvalue weighted by atomic mass is 10.2. The van der Waals surface area contributed by atoms with Crippen LogP contribution in [0.25, 0.3) is 0 Å². The first-order chi connectivity index (χ1) is 13.7. The minimum atomic E-state index is -0.333. The van der Waals surface area contributed by atoms with Gasteiger partial charge in [0.2, 0.25) is 0 Å². The van der Waals surface area contributed by atoms with Crippen molar-refractivity contribution in [2.45, 2.75) is 6.92 Å². The number of hydrogen-bond acceptors (Lipinski definition) is 6. The number of benzene rings is 2. The van der Waals surface area contributed by atoms with Gasteiger partial charge in [0.25, 0.3) is 5.91 Å². The lowest BCUT2D eigenvalue weighted by Crippen LogP contribution is -2.20. The highest BCUT2D eigenvalue weighted by atomic mass is 16.5. The van der Waals surface area contributed by atoms with Crippen LogP contribution in [-0.4, -0.2) is 36.6 Å². The Morgan fingerprint density at radius 3 is 2.43 bits per heavy atom. The van der Waals surface area contributed by atoms with Crippen LogP contribution >= 0.6 is 0 Å². The molecule has 0 aliphatic rings. The molecule has 7 nitrogen and oxygen atoms in total. The number of amides is 1. The third-order valence-electron chi connectivity index (χ3n) is 4.19. The van der Waals surface area contributed by atoms with E-state index in [2.05, 4.69) is 15.3 Å². The average Bonchev–Trinajstić information content (AvgIpc) is 2.75. The molecular weight excluding hydrogens is 356 g/mol. The first kappa shape index (κ1) is 19.2. The van der Waals surface area contributed by atoms with E-state index in [9.17, 15) is 4.79 Å². The predicted molar refractivity (Wildman–Crippen MR) is 109 cm³/mol. The molecule has 0 atom stereocenters. The molecular formula is C21H22N4O3. The summed E-state index contributed by atoms with van der Waals surface area (Å²) in [4.78, 5) is 23.1. The van der Waals surface area contributed by atoms with Gasteiger partial charge in [0.05, 0.1) is 14.2 Å². The smallest absolute Gasteiger partial charge is 0.274 e. The number of hydrogen-bond donors (Lipinski definition) is 1. The van der Waals surface area contributed by atoms with Crippen molar-refractivity contribution in [2.24, 2.45) is 0 Å². The van der Waals surface area contributed by atoms with Gasteiger partial charge in [0, 0.05) is 30.1 Å². The van der Waals surface area contributed by atoms with Gasteiger partial charge in [0.15, 0.2) is 11.5 Å². The van der Waals surface area contributed by atoms with E-state index in [1.807, 2.05) is 42.2 Å². The Balaban J connectivity index is 1.82. The number of carbonyl (C=O) groups is 1. The van der Waals surface area contributed by atoms with Crippen molar-refractivity contribution in [1.29, 1.82) is 0 Å². The zero-order valence-corrected chi connectivity index (χ0v) is 16.0. The maximum Gasteiger partial charge on any atom is 0.274 e. The Bertz CT molecular complexity index is 947. The molecule has 3 rings (SSSR count). The SMILES string of the molecule is CCN(c1ccccc1)c1cc(C(=O)Nc2ccc(OC)c(OC)c2)ncn1. The van der Waals surface area contributed by atoms with Crippen LogP contribution in [0.1, 0.15) is 17.4 Å². The monoisotopic (exact) mass is 378 g/mol. The molecule has 144 valence electrons. The van der Waals surface area contributed by atoms with Crippen LogP contribution in [0.5, 0.6) is 11.5 Å². The molecule has 0 aliphatic carbocycles. The fraction of sp³-hybridized carbons (Fsp3) is 0.190. The topological polar surface area (TPSA) is 76.6 Å². The molecule has 28 heavy (non-hydrogen) atoms. The first-order valence-electron chi connectivity index (χ1n) is 8.84. The molecule has 1 N–H and O–H groups in total. The molecule has 0 unspecified atom stereocenters. The summed E-state index contributed by atoms with van der Waals surface area (Å²) in [7, 11) is 3.10. The summed E-state index contributed by atoms with van der Waals surface area (Å²) in [5, 5.41) is 2.82. The van der Waals surface area contributed by atoms with Gasteiger partial charge in [-0.2, -0.15) is 0 Å². The molecule has 1 amide bonds. The third-order valence-corrected chi connectivity index (χ3v) is 4.19. The quantitative estimate of drug-likeness (QED) is 0.672. The Morgan fingerprint density at radius 2 is 1.75 bits per heavy atom. The molecule has 2 aromatic carbocycles. The van der Waals surface area contributed by atoms with Gasteiger partial charge >= 0.3 is 0 Å². The lowest BCUT2D eigenvalue weighted by Gasteiger charge is -2.22. The van der Waals surface area contributed by atoms with E-state index in [1.54, 1.807) is 38.5 Å². The van der Waals surface area contributed by atoms with E-state index in [1.165, 1.54) is 6.33 Å². The number of aromatic nitrogens is 2. The second-order valence-corrected chi connectivity index (χ2v) is 5.87. The van der Waals surface area contributed by atoms with Crippen LogP contribution in [0.3, 0.4) is 0 Å². The van der Waals surface area contributed by atoms with Crippen LogP contribution in [0.4, 0.5) is 17.2 Å². The van der Waals surface area contributed by atoms with Gasteiger partial charge in [-0.3, -0.25) is 4.79 Å². The zero-order chi connectivity index (χ0) is 19.9. The molecule has 3 aromatic rings. The Labute approximate surface area is 164 Å². The molecule has 1 heterocycles. The number of nitrogens with zero attached hydrogens (tertiary/aromatic N) is 3. The number of methoxy groups -OCH3 is 2. The highest BCUT2D eigenvalue weighted by molar-refractivity contribution is 6.03. The predicted octanol–water partition coefficient (Wildman–Crippen LogP) is 3.90. The van der Waals surface area contributed by atoms with Gasteiger partial charge in [-0.05, 0) is 31.2 Å². The number of ether oxygens (including phenoxy) is 2. The second-order valence-electron chi connectivity index (χ2n) is 5.87. The minimum absolute atomic E-state index is 0.272. The molecule has 0 saturated heterocycles. The van der Waals surface area contributed by atoms with E-state index in [4.69, 9.17) is 9.47 Å². The van der Waals surface area contributed by atoms with Crippen LogP contribution in [0.2, 0.25) is 0 Å². The largest absolute Gasteiger partial charge is 0.493 e. The first-order valence-corrected chi connectivity index (χ1v) is 8.84. The Hall–Kier alpha value is -3.61. The highest BCUT2D eigenvalue weighted by Crippen LogP contribution is 2.30. The standard InChI is InChI=1S/C21H22N4O3/c1-4-25(16-8-6-5-7-9-16)20-13-17(22-14-23-20)21(26)24-15-10-11-18(27-2)19(12-15)28-3/h5-14H,4H2,1-3H3,(H,24,26). The molecule has 0 spiro atoms. The number of carbonyl (C=O) groups excluding carboxylic acids is 1. The zero-order valence-electron chi connectivity index (χ0n) is 16.0. The summed E-state index contributed by atoms with van der Waals surface area (Å²) < 4.78 is 10.5. The molecule has 0 fully saturated rings. The Kier molecular flexibility index (Phi) is 6.06. The normalized spacial score (nSPS) is 10.2. The van der Waals surface area contributed by atoms with Crippen molar-refractivity contribution in [2.75, 3.05) is 31.0 Å². The summed E-state index contributed by atoms with van der Waals surface area (Å²) in [6, 6.07) is 16.7. The number of nitrogens with one attached hydrogen (secondary N) is 1. The molecule has 7 heteroatoms. The number of rotatable bonds is 7. The lowest BCUT2D eigenvalue weighted by molar-refractivity contribution is 0.102. The average molecular weight is 378 g/mol. The molecule has 0 bridgehead atoms. The van der Waals surface area contributed by atoms with Crippen molar-refractivity contribution in [3.05, 3.63) is 66.6 Å². The molecule has 0 saturated carbocycles. The third kappa shape index (κ3) is 4.20. The van der Waals surface area contributed by atoms with Crippen LogP contribution in [0.15, 0.2) is 60.9 Å². The second kappa shape index (κ2) is 8.85. The summed E-state index contributed by atoms with van der Waals surface area (Å²) in [6.45, 7) is 2.73. The maximum absolute atomic E-state index is 12.7.